The van der Waals surface area contributed by atoms with E-state index in [4.69, 9.17) is 0 Å². The summed E-state index contributed by atoms with van der Waals surface area (Å²) in [7, 11) is 0. The number of carbonyl (C=O) groups is 1. The molecule has 0 saturated carbocycles. The van der Waals surface area contributed by atoms with Crippen LogP contribution < -0.4 is 0 Å². The zero-order chi connectivity index (χ0) is 13.2. The Morgan fingerprint density at radius 3 is 2.83 bits per heavy atom. The third-order valence-electron chi connectivity index (χ3n) is 3.60. The fraction of sp³-hybridized carbons (Fsp3) is 0.438. The lowest BCUT2D eigenvalue weighted by Crippen LogP contribution is -2.42. The van der Waals surface area contributed by atoms with Gasteiger partial charge >= 0.3 is 0 Å². The molecule has 0 bridgehead atoms. The molecule has 2 nitrogen and oxygen atoms in total. The summed E-state index contributed by atoms with van der Waals surface area (Å²) in [5, 5.41) is 10.5. The summed E-state index contributed by atoms with van der Waals surface area (Å²) < 4.78 is 0. The summed E-state index contributed by atoms with van der Waals surface area (Å²) in [5.74, 6) is -0.105. The minimum absolute atomic E-state index is 0.105. The van der Waals surface area contributed by atoms with E-state index < -0.39 is 5.60 Å². The van der Waals surface area contributed by atoms with Crippen LogP contribution in [0, 0.1) is 0 Å². The van der Waals surface area contributed by atoms with Crippen LogP contribution in [0.5, 0.6) is 0 Å². The van der Waals surface area contributed by atoms with Crippen LogP contribution in [0.3, 0.4) is 0 Å². The van der Waals surface area contributed by atoms with Gasteiger partial charge in [0.15, 0.2) is 5.78 Å². The van der Waals surface area contributed by atoms with Crippen molar-refractivity contribution in [2.75, 3.05) is 0 Å². The van der Waals surface area contributed by atoms with Gasteiger partial charge in [-0.15, -0.1) is 0 Å². The summed E-state index contributed by atoms with van der Waals surface area (Å²) in [6.07, 6.45) is 4.68. The van der Waals surface area contributed by atoms with Crippen molar-refractivity contribution < 1.29 is 9.90 Å². The van der Waals surface area contributed by atoms with E-state index in [9.17, 15) is 9.90 Å². The molecule has 1 aromatic carbocycles. The Balaban J connectivity index is 2.17. The molecule has 2 rings (SSSR count). The van der Waals surface area contributed by atoms with E-state index in [0.717, 1.165) is 18.4 Å². The van der Waals surface area contributed by atoms with Gasteiger partial charge in [0.2, 0.25) is 0 Å². The highest BCUT2D eigenvalue weighted by Crippen LogP contribution is 2.32. The van der Waals surface area contributed by atoms with Crippen LogP contribution in [-0.4, -0.2) is 16.5 Å². The fourth-order valence-corrected chi connectivity index (χ4v) is 2.50. The fourth-order valence-electron chi connectivity index (χ4n) is 2.50. The highest BCUT2D eigenvalue weighted by molar-refractivity contribution is 6.04. The van der Waals surface area contributed by atoms with E-state index in [1.165, 1.54) is 5.57 Å². The number of rotatable bonds is 3. The smallest absolute Gasteiger partial charge is 0.194 e. The number of ketones is 1. The van der Waals surface area contributed by atoms with Gasteiger partial charge in [-0.1, -0.05) is 35.9 Å². The van der Waals surface area contributed by atoms with Gasteiger partial charge in [0.05, 0.1) is 0 Å². The normalized spacial score (nSPS) is 22.5. The first kappa shape index (κ1) is 13.0. The second kappa shape index (κ2) is 5.07. The minimum atomic E-state index is -1.17. The number of allylic oxidation sites excluding steroid dienone is 2. The quantitative estimate of drug-likeness (QED) is 0.828. The first-order chi connectivity index (χ1) is 8.53. The van der Waals surface area contributed by atoms with Crippen LogP contribution in [0.25, 0.3) is 0 Å². The van der Waals surface area contributed by atoms with Crippen molar-refractivity contribution in [3.05, 3.63) is 47.0 Å². The molecule has 1 aliphatic carbocycles. The van der Waals surface area contributed by atoms with Crippen molar-refractivity contribution in [1.82, 2.24) is 0 Å². The number of hydrogen-bond donors (Lipinski definition) is 1. The number of carbonyl (C=O) groups excluding carboxylic acids is 1. The van der Waals surface area contributed by atoms with Crippen molar-refractivity contribution in [3.63, 3.8) is 0 Å². The Bertz CT molecular complexity index is 484. The molecule has 1 aromatic rings. The number of aryl methyl sites for hydroxylation is 1. The molecule has 0 saturated heterocycles. The first-order valence-corrected chi connectivity index (χ1v) is 6.51. The van der Waals surface area contributed by atoms with Gasteiger partial charge in [-0.2, -0.15) is 0 Å². The average Bonchev–Trinajstić information content (AvgIpc) is 2.34. The summed E-state index contributed by atoms with van der Waals surface area (Å²) in [6, 6.07) is 7.60. The number of benzene rings is 1. The molecule has 0 heterocycles. The molecule has 1 unspecified atom stereocenters. The van der Waals surface area contributed by atoms with Gasteiger partial charge in [0, 0.05) is 5.56 Å². The van der Waals surface area contributed by atoms with Gasteiger partial charge in [0.25, 0.3) is 0 Å². The van der Waals surface area contributed by atoms with Crippen molar-refractivity contribution in [3.8, 4) is 0 Å². The second-order valence-electron chi connectivity index (χ2n) is 5.34. The third-order valence-corrected chi connectivity index (χ3v) is 3.60. The molecule has 1 N–H and O–H groups in total. The number of Topliss-reactive ketones (excluding diaryl/α,β-unsaturated/α-hetero) is 1. The van der Waals surface area contributed by atoms with Gasteiger partial charge in [-0.25, -0.2) is 0 Å². The predicted octanol–water partition coefficient (Wildman–Crippen LogP) is 3.29. The van der Waals surface area contributed by atoms with Crippen LogP contribution in [0.1, 0.15) is 49.0 Å². The van der Waals surface area contributed by atoms with Gasteiger partial charge in [-0.3, -0.25) is 4.79 Å². The number of aliphatic hydroxyl groups is 1. The average molecular weight is 244 g/mol. The summed E-state index contributed by atoms with van der Waals surface area (Å²) >= 11 is 0. The maximum absolute atomic E-state index is 12.3. The van der Waals surface area contributed by atoms with Gasteiger partial charge < -0.3 is 5.11 Å². The zero-order valence-corrected chi connectivity index (χ0v) is 11.1. The summed E-state index contributed by atoms with van der Waals surface area (Å²) in [4.78, 5) is 12.3. The lowest BCUT2D eigenvalue weighted by atomic mass is 9.77. The molecule has 0 fully saturated rings. The standard InChI is InChI=1S/C16H20O2/c1-12(2)6-5-10-16(18)11-9-13-7-3-4-8-14(13)15(16)17/h3-4,6-8,18H,5,9-11H2,1-2H3. The Hall–Kier alpha value is -1.41. The highest BCUT2D eigenvalue weighted by atomic mass is 16.3. The molecule has 0 amide bonds. The predicted molar refractivity (Wildman–Crippen MR) is 72.7 cm³/mol. The maximum Gasteiger partial charge on any atom is 0.194 e. The topological polar surface area (TPSA) is 37.3 Å². The number of fused-ring (bicyclic) bond motifs is 1. The van der Waals surface area contributed by atoms with Crippen LogP contribution in [0.15, 0.2) is 35.9 Å². The van der Waals surface area contributed by atoms with Gasteiger partial charge in [-0.05, 0) is 45.1 Å². The lowest BCUT2D eigenvalue weighted by Gasteiger charge is -2.31. The molecule has 96 valence electrons. The molecule has 1 atom stereocenters. The highest BCUT2D eigenvalue weighted by Gasteiger charge is 2.39. The van der Waals surface area contributed by atoms with Crippen LogP contribution in [-0.2, 0) is 6.42 Å². The molecule has 0 aliphatic heterocycles. The van der Waals surface area contributed by atoms with Crippen LogP contribution in [0.4, 0.5) is 0 Å². The maximum atomic E-state index is 12.3. The van der Waals surface area contributed by atoms with E-state index >= 15 is 0 Å². The van der Waals surface area contributed by atoms with Crippen LogP contribution in [0.2, 0.25) is 0 Å². The van der Waals surface area contributed by atoms with Crippen LogP contribution >= 0.6 is 0 Å². The van der Waals surface area contributed by atoms with Crippen molar-refractivity contribution in [2.24, 2.45) is 0 Å². The summed E-state index contributed by atoms with van der Waals surface area (Å²) in [5.41, 5.74) is 1.82. The Morgan fingerprint density at radius 2 is 2.11 bits per heavy atom. The van der Waals surface area contributed by atoms with Crippen molar-refractivity contribution in [1.29, 1.82) is 0 Å². The molecular weight excluding hydrogens is 224 g/mol. The van der Waals surface area contributed by atoms with Crippen molar-refractivity contribution >= 4 is 5.78 Å². The Labute approximate surface area is 108 Å². The molecule has 2 heteroatoms. The Kier molecular flexibility index (Phi) is 3.67. The molecule has 0 aromatic heterocycles. The Morgan fingerprint density at radius 1 is 1.39 bits per heavy atom. The molecular formula is C16H20O2. The van der Waals surface area contributed by atoms with E-state index in [1.807, 2.05) is 38.1 Å². The van der Waals surface area contributed by atoms with E-state index in [1.54, 1.807) is 0 Å². The van der Waals surface area contributed by atoms with Crippen molar-refractivity contribution in [2.45, 2.75) is 45.1 Å². The largest absolute Gasteiger partial charge is 0.382 e. The molecule has 1 aliphatic rings. The zero-order valence-electron chi connectivity index (χ0n) is 11.1. The van der Waals surface area contributed by atoms with E-state index in [2.05, 4.69) is 6.08 Å². The molecule has 18 heavy (non-hydrogen) atoms. The summed E-state index contributed by atoms with van der Waals surface area (Å²) in [6.45, 7) is 4.06. The minimum Gasteiger partial charge on any atom is -0.382 e. The number of hydrogen-bond acceptors (Lipinski definition) is 2. The monoisotopic (exact) mass is 244 g/mol. The van der Waals surface area contributed by atoms with E-state index in [-0.39, 0.29) is 5.78 Å². The molecule has 0 radical (unpaired) electrons. The lowest BCUT2D eigenvalue weighted by molar-refractivity contribution is 0.0203. The molecule has 0 spiro atoms. The van der Waals surface area contributed by atoms with E-state index in [0.29, 0.717) is 18.4 Å². The second-order valence-corrected chi connectivity index (χ2v) is 5.34. The third kappa shape index (κ3) is 2.54. The van der Waals surface area contributed by atoms with Gasteiger partial charge in [0.1, 0.15) is 5.60 Å². The SMILES string of the molecule is CC(C)=CCCC1(O)CCc2ccccc2C1=O. The first-order valence-electron chi connectivity index (χ1n) is 6.51.